The quantitative estimate of drug-likeness (QED) is 0.0851. The van der Waals surface area contributed by atoms with Gasteiger partial charge in [-0.3, -0.25) is 9.69 Å². The SMILES string of the molecule is CN(CCO)CCC(CSc1ccccc1)Nc1ccc(S(=O)(=O)NC(=O)c2ccc(N3CCN(CC4=C(C56CC(C)(C5)C6)CC(C)(C)CC4)CC3)cc2)cc1S(=O)(=O)C(F)(F)F. The molecule has 8 rings (SSSR count). The van der Waals surface area contributed by atoms with Crippen LogP contribution in [0.15, 0.2) is 98.6 Å². The average Bonchev–Trinajstić information content (AvgIpc) is 3.21. The number of aliphatic hydroxyl groups excluding tert-OH is 1. The molecule has 3 aromatic carbocycles. The molecule has 1 heterocycles. The summed E-state index contributed by atoms with van der Waals surface area (Å²) < 4.78 is 97.3. The number of thioether (sulfide) groups is 1. The second kappa shape index (κ2) is 18.3. The summed E-state index contributed by atoms with van der Waals surface area (Å²) in [6, 6.07) is 17.5. The van der Waals surface area contributed by atoms with Gasteiger partial charge in [-0.05, 0) is 129 Å². The molecule has 63 heavy (non-hydrogen) atoms. The molecule has 17 heteroatoms. The predicted molar refractivity (Wildman–Crippen MR) is 242 cm³/mol. The van der Waals surface area contributed by atoms with Gasteiger partial charge in [-0.1, -0.05) is 50.1 Å². The summed E-state index contributed by atoms with van der Waals surface area (Å²) in [5.41, 5.74) is -0.551. The number of halogens is 3. The number of sulfonamides is 1. The number of carbonyl (C=O) groups is 1. The molecule has 1 aliphatic heterocycles. The number of amides is 1. The third-order valence-electron chi connectivity index (χ3n) is 13.4. The highest BCUT2D eigenvalue weighted by atomic mass is 32.2. The Hall–Kier alpha value is -3.61. The van der Waals surface area contributed by atoms with E-state index in [0.29, 0.717) is 47.6 Å². The highest BCUT2D eigenvalue weighted by Crippen LogP contribution is 2.77. The van der Waals surface area contributed by atoms with E-state index in [1.807, 2.05) is 40.0 Å². The van der Waals surface area contributed by atoms with Crippen molar-refractivity contribution in [1.29, 1.82) is 0 Å². The molecule has 3 N–H and O–H groups in total. The van der Waals surface area contributed by atoms with E-state index in [-0.39, 0.29) is 12.2 Å². The number of anilines is 2. The topological polar surface area (TPSA) is 139 Å². The van der Waals surface area contributed by atoms with Crippen LogP contribution in [0.5, 0.6) is 0 Å². The number of hydrogen-bond donors (Lipinski definition) is 3. The van der Waals surface area contributed by atoms with Crippen LogP contribution in [-0.2, 0) is 19.9 Å². The molecule has 4 fully saturated rings. The second-order valence-corrected chi connectivity index (χ2v) is 23.9. The van der Waals surface area contributed by atoms with Crippen molar-refractivity contribution in [2.75, 3.05) is 75.4 Å². The van der Waals surface area contributed by atoms with E-state index in [9.17, 15) is 39.9 Å². The number of carbonyl (C=O) groups excluding carboxylic acids is 1. The highest BCUT2D eigenvalue weighted by Gasteiger charge is 2.66. The maximum atomic E-state index is 14.1. The van der Waals surface area contributed by atoms with E-state index in [2.05, 4.69) is 35.9 Å². The smallest absolute Gasteiger partial charge is 0.395 e. The predicted octanol–water partition coefficient (Wildman–Crippen LogP) is 7.80. The molecule has 1 amide bonds. The van der Waals surface area contributed by atoms with Crippen LogP contribution in [-0.4, -0.2) is 114 Å². The van der Waals surface area contributed by atoms with Gasteiger partial charge in [0.15, 0.2) is 0 Å². The van der Waals surface area contributed by atoms with Gasteiger partial charge in [0.2, 0.25) is 0 Å². The maximum Gasteiger partial charge on any atom is 0.501 e. The van der Waals surface area contributed by atoms with Crippen LogP contribution in [0, 0.1) is 16.2 Å². The van der Waals surface area contributed by atoms with Gasteiger partial charge in [-0.2, -0.15) is 13.2 Å². The van der Waals surface area contributed by atoms with Crippen LogP contribution in [0.4, 0.5) is 24.5 Å². The largest absolute Gasteiger partial charge is 0.501 e. The first kappa shape index (κ1) is 47.4. The zero-order valence-corrected chi connectivity index (χ0v) is 39.0. The molecular formula is C46H60F3N5O6S3. The van der Waals surface area contributed by atoms with Crippen LogP contribution < -0.4 is 14.9 Å². The van der Waals surface area contributed by atoms with Crippen molar-refractivity contribution in [1.82, 2.24) is 14.5 Å². The minimum absolute atomic E-state index is 0.00876. The van der Waals surface area contributed by atoms with Gasteiger partial charge in [-0.25, -0.2) is 21.6 Å². The number of likely N-dealkylation sites (N-methyl/N-ethyl adjacent to an activating group) is 1. The lowest BCUT2D eigenvalue weighted by Gasteiger charge is -2.72. The van der Waals surface area contributed by atoms with Crippen molar-refractivity contribution in [2.45, 2.75) is 92.0 Å². The van der Waals surface area contributed by atoms with Crippen molar-refractivity contribution < 1.29 is 39.9 Å². The molecule has 11 nitrogen and oxygen atoms in total. The van der Waals surface area contributed by atoms with Gasteiger partial charge >= 0.3 is 5.51 Å². The number of sulfone groups is 1. The zero-order chi connectivity index (χ0) is 45.4. The van der Waals surface area contributed by atoms with Crippen LogP contribution in [0.25, 0.3) is 0 Å². The number of benzene rings is 3. The lowest BCUT2D eigenvalue weighted by Crippen LogP contribution is -2.61. The number of piperazine rings is 1. The molecule has 1 atom stereocenters. The van der Waals surface area contributed by atoms with Gasteiger partial charge in [-0.15, -0.1) is 11.8 Å². The van der Waals surface area contributed by atoms with Crippen molar-refractivity contribution in [3.05, 3.63) is 89.5 Å². The van der Waals surface area contributed by atoms with Crippen LogP contribution in [0.3, 0.4) is 0 Å². The molecule has 0 aromatic heterocycles. The summed E-state index contributed by atoms with van der Waals surface area (Å²) in [7, 11) is -9.13. The third-order valence-corrected chi connectivity index (χ3v) is 17.4. The van der Waals surface area contributed by atoms with E-state index >= 15 is 0 Å². The monoisotopic (exact) mass is 931 g/mol. The Morgan fingerprint density at radius 2 is 1.59 bits per heavy atom. The van der Waals surface area contributed by atoms with Crippen molar-refractivity contribution in [3.63, 3.8) is 0 Å². The van der Waals surface area contributed by atoms with Crippen LogP contribution >= 0.6 is 11.8 Å². The van der Waals surface area contributed by atoms with Crippen molar-refractivity contribution >= 4 is 48.9 Å². The molecule has 0 radical (unpaired) electrons. The number of nitrogens with one attached hydrogen (secondary N) is 2. The fraction of sp³-hybridized carbons (Fsp3) is 0.543. The van der Waals surface area contributed by atoms with Crippen LogP contribution in [0.2, 0.25) is 0 Å². The number of nitrogens with zero attached hydrogens (tertiary/aromatic N) is 3. The highest BCUT2D eigenvalue weighted by molar-refractivity contribution is 7.99. The molecular weight excluding hydrogens is 872 g/mol. The van der Waals surface area contributed by atoms with E-state index in [1.165, 1.54) is 56.0 Å². The van der Waals surface area contributed by atoms with Crippen LogP contribution in [0.1, 0.15) is 76.1 Å². The molecule has 3 saturated carbocycles. The number of alkyl halides is 3. The van der Waals surface area contributed by atoms with Gasteiger partial charge in [0.1, 0.15) is 4.90 Å². The Labute approximate surface area is 374 Å². The van der Waals surface area contributed by atoms with Crippen molar-refractivity contribution in [3.8, 4) is 0 Å². The third kappa shape index (κ3) is 10.8. The Morgan fingerprint density at radius 3 is 2.21 bits per heavy atom. The molecule has 1 unspecified atom stereocenters. The molecule has 2 bridgehead atoms. The molecule has 5 aliphatic rings. The second-order valence-electron chi connectivity index (χ2n) is 19.2. The summed E-state index contributed by atoms with van der Waals surface area (Å²) in [4.78, 5) is 18.7. The lowest BCUT2D eigenvalue weighted by molar-refractivity contribution is -0.167. The average molecular weight is 932 g/mol. The van der Waals surface area contributed by atoms with E-state index < -0.39 is 52.8 Å². The maximum absolute atomic E-state index is 14.1. The lowest BCUT2D eigenvalue weighted by atomic mass is 9.33. The summed E-state index contributed by atoms with van der Waals surface area (Å²) in [6.45, 7) is 12.3. The fourth-order valence-electron chi connectivity index (χ4n) is 10.1. The minimum Gasteiger partial charge on any atom is -0.395 e. The van der Waals surface area contributed by atoms with Gasteiger partial charge in [0.25, 0.3) is 25.8 Å². The van der Waals surface area contributed by atoms with Gasteiger partial charge < -0.3 is 20.2 Å². The van der Waals surface area contributed by atoms with E-state index in [4.69, 9.17) is 0 Å². The number of aliphatic hydroxyl groups is 1. The Kier molecular flexibility index (Phi) is 13.8. The summed E-state index contributed by atoms with van der Waals surface area (Å²) in [6.07, 6.45) is 7.94. The normalized spacial score (nSPS) is 23.2. The molecule has 3 aromatic rings. The Bertz CT molecular complexity index is 2370. The zero-order valence-electron chi connectivity index (χ0n) is 36.5. The number of rotatable bonds is 18. The standard InChI is InChI=1S/C46H60F3N5O6S3/c1-43(2)18-16-34(39(27-43)45-30-44(3,31-45)32-45)28-53-20-22-54(23-21-53)36-12-10-33(11-13-36)42(56)51-63(59,60)38-14-15-40(41(26-38)62(57,58)46(47,48)49)50-35(17-19-52(4)24-25-55)29-61-37-8-6-5-7-9-37/h5-15,26,35,50,55H,16-25,27-32H2,1-4H3,(H,51,56). The summed E-state index contributed by atoms with van der Waals surface area (Å²) in [5, 5.41) is 12.3. The Balaban J connectivity index is 1.01. The van der Waals surface area contributed by atoms with Crippen molar-refractivity contribution in [2.24, 2.45) is 16.2 Å². The van der Waals surface area contributed by atoms with Gasteiger partial charge in [0, 0.05) is 67.2 Å². The van der Waals surface area contributed by atoms with Gasteiger partial charge in [0.05, 0.1) is 17.2 Å². The summed E-state index contributed by atoms with van der Waals surface area (Å²) in [5.74, 6) is -0.692. The first-order valence-electron chi connectivity index (χ1n) is 21.7. The first-order chi connectivity index (χ1) is 29.6. The Morgan fingerprint density at radius 1 is 0.921 bits per heavy atom. The summed E-state index contributed by atoms with van der Waals surface area (Å²) >= 11 is 1.41. The molecule has 344 valence electrons. The van der Waals surface area contributed by atoms with E-state index in [0.717, 1.165) is 61.9 Å². The molecule has 4 aliphatic carbocycles. The minimum atomic E-state index is -6.06. The number of allylic oxidation sites excluding steroid dienone is 1. The fourth-order valence-corrected chi connectivity index (χ4v) is 13.1. The molecule has 1 saturated heterocycles. The first-order valence-corrected chi connectivity index (χ1v) is 25.6. The van der Waals surface area contributed by atoms with E-state index in [1.54, 1.807) is 30.3 Å². The number of hydrogen-bond acceptors (Lipinski definition) is 11. The molecule has 0 spiro atoms.